The molecule has 1 aromatic heterocycles. The van der Waals surface area contributed by atoms with Crippen LogP contribution in [-0.4, -0.2) is 21.8 Å². The van der Waals surface area contributed by atoms with Crippen LogP contribution in [0.15, 0.2) is 22.6 Å². The van der Waals surface area contributed by atoms with Crippen molar-refractivity contribution in [2.24, 2.45) is 5.73 Å². The van der Waals surface area contributed by atoms with Gasteiger partial charge in [0.25, 0.3) is 0 Å². The van der Waals surface area contributed by atoms with Gasteiger partial charge in [-0.1, -0.05) is 11.6 Å². The Morgan fingerprint density at radius 1 is 1.35 bits per heavy atom. The highest BCUT2D eigenvalue weighted by Crippen LogP contribution is 2.30. The standard InChI is InChI=1S/C11H12ClN3O2/c12-9-4-3-7(16)6-8(9)11-15-14-10(17-11)2-1-5-13/h3-4,6,16H,1-2,5,13H2. The Hall–Kier alpha value is -1.59. The molecular formula is C11H12ClN3O2. The third kappa shape index (κ3) is 2.75. The highest BCUT2D eigenvalue weighted by molar-refractivity contribution is 6.33. The van der Waals surface area contributed by atoms with Gasteiger partial charge in [0.15, 0.2) is 0 Å². The van der Waals surface area contributed by atoms with Gasteiger partial charge >= 0.3 is 0 Å². The minimum Gasteiger partial charge on any atom is -0.508 e. The van der Waals surface area contributed by atoms with E-state index < -0.39 is 0 Å². The molecule has 0 spiro atoms. The summed E-state index contributed by atoms with van der Waals surface area (Å²) >= 11 is 5.99. The Morgan fingerprint density at radius 2 is 2.18 bits per heavy atom. The van der Waals surface area contributed by atoms with E-state index in [-0.39, 0.29) is 5.75 Å². The first-order valence-electron chi connectivity index (χ1n) is 5.22. The second-order valence-electron chi connectivity index (χ2n) is 3.56. The molecule has 1 aromatic carbocycles. The van der Waals surface area contributed by atoms with Crippen molar-refractivity contribution in [3.63, 3.8) is 0 Å². The summed E-state index contributed by atoms with van der Waals surface area (Å²) in [6.45, 7) is 0.574. The molecule has 2 aromatic rings. The summed E-state index contributed by atoms with van der Waals surface area (Å²) in [5.41, 5.74) is 5.92. The average molecular weight is 254 g/mol. The van der Waals surface area contributed by atoms with Gasteiger partial charge in [0.2, 0.25) is 11.8 Å². The predicted octanol–water partition coefficient (Wildman–Crippen LogP) is 1.99. The molecule has 6 heteroatoms. The van der Waals surface area contributed by atoms with Gasteiger partial charge in [0.05, 0.1) is 10.6 Å². The van der Waals surface area contributed by atoms with Gasteiger partial charge in [-0.05, 0) is 31.2 Å². The number of phenols is 1. The van der Waals surface area contributed by atoms with Gasteiger partial charge in [-0.3, -0.25) is 0 Å². The highest BCUT2D eigenvalue weighted by atomic mass is 35.5. The predicted molar refractivity (Wildman–Crippen MR) is 63.8 cm³/mol. The van der Waals surface area contributed by atoms with Gasteiger partial charge in [0, 0.05) is 6.42 Å². The van der Waals surface area contributed by atoms with Crippen LogP contribution in [-0.2, 0) is 6.42 Å². The summed E-state index contributed by atoms with van der Waals surface area (Å²) in [5.74, 6) is 0.925. The molecule has 0 saturated carbocycles. The van der Waals surface area contributed by atoms with E-state index in [1.165, 1.54) is 12.1 Å². The highest BCUT2D eigenvalue weighted by Gasteiger charge is 2.12. The first-order chi connectivity index (χ1) is 8.20. The normalized spacial score (nSPS) is 10.7. The number of hydrogen-bond acceptors (Lipinski definition) is 5. The molecule has 0 saturated heterocycles. The van der Waals surface area contributed by atoms with Gasteiger partial charge < -0.3 is 15.3 Å². The summed E-state index contributed by atoms with van der Waals surface area (Å²) in [7, 11) is 0. The number of aromatic hydroxyl groups is 1. The fraction of sp³-hybridized carbons (Fsp3) is 0.273. The summed E-state index contributed by atoms with van der Waals surface area (Å²) < 4.78 is 5.43. The second kappa shape index (κ2) is 5.16. The van der Waals surface area contributed by atoms with Crippen molar-refractivity contribution in [2.75, 3.05) is 6.54 Å². The molecule has 0 radical (unpaired) electrons. The summed E-state index contributed by atoms with van der Waals surface area (Å²) in [6, 6.07) is 4.57. The quantitative estimate of drug-likeness (QED) is 0.870. The Morgan fingerprint density at radius 3 is 2.94 bits per heavy atom. The molecule has 0 aliphatic carbocycles. The number of nitrogens with two attached hydrogens (primary N) is 1. The van der Waals surface area contributed by atoms with Gasteiger partial charge in [0.1, 0.15) is 5.75 Å². The van der Waals surface area contributed by atoms with E-state index in [0.29, 0.717) is 35.3 Å². The molecule has 0 atom stereocenters. The van der Waals surface area contributed by atoms with Crippen molar-refractivity contribution in [3.8, 4) is 17.2 Å². The number of aryl methyl sites for hydroxylation is 1. The van der Waals surface area contributed by atoms with Gasteiger partial charge in [-0.15, -0.1) is 10.2 Å². The Balaban J connectivity index is 2.27. The number of hydrogen-bond donors (Lipinski definition) is 2. The first-order valence-corrected chi connectivity index (χ1v) is 5.60. The third-order valence-corrected chi connectivity index (χ3v) is 2.57. The lowest BCUT2D eigenvalue weighted by Gasteiger charge is -1.99. The monoisotopic (exact) mass is 253 g/mol. The molecule has 0 aliphatic rings. The van der Waals surface area contributed by atoms with Gasteiger partial charge in [-0.2, -0.15) is 0 Å². The van der Waals surface area contributed by atoms with Crippen molar-refractivity contribution in [2.45, 2.75) is 12.8 Å². The first kappa shape index (κ1) is 11.9. The summed E-state index contributed by atoms with van der Waals surface area (Å²) in [4.78, 5) is 0. The molecule has 0 bridgehead atoms. The lowest BCUT2D eigenvalue weighted by atomic mass is 10.2. The van der Waals surface area contributed by atoms with E-state index in [1.807, 2.05) is 0 Å². The average Bonchev–Trinajstić information content (AvgIpc) is 2.78. The molecular weight excluding hydrogens is 242 g/mol. The van der Waals surface area contributed by atoms with Crippen LogP contribution in [0.4, 0.5) is 0 Å². The van der Waals surface area contributed by atoms with Crippen LogP contribution in [0.2, 0.25) is 5.02 Å². The van der Waals surface area contributed by atoms with Crippen molar-refractivity contribution in [1.82, 2.24) is 10.2 Å². The maximum absolute atomic E-state index is 9.38. The molecule has 0 amide bonds. The van der Waals surface area contributed by atoms with Crippen LogP contribution in [0.5, 0.6) is 5.75 Å². The molecule has 90 valence electrons. The summed E-state index contributed by atoms with van der Waals surface area (Å²) in [5, 5.41) is 17.6. The Labute approximate surface area is 103 Å². The van der Waals surface area contributed by atoms with E-state index in [2.05, 4.69) is 10.2 Å². The van der Waals surface area contributed by atoms with Gasteiger partial charge in [-0.25, -0.2) is 0 Å². The molecule has 1 heterocycles. The maximum Gasteiger partial charge on any atom is 0.249 e. The van der Waals surface area contributed by atoms with Crippen LogP contribution in [0.25, 0.3) is 11.5 Å². The molecule has 0 fully saturated rings. The zero-order valence-electron chi connectivity index (χ0n) is 9.06. The van der Waals surface area contributed by atoms with E-state index in [9.17, 15) is 5.11 Å². The molecule has 0 aliphatic heterocycles. The third-order valence-electron chi connectivity index (χ3n) is 2.24. The SMILES string of the molecule is NCCCc1nnc(-c2cc(O)ccc2Cl)o1. The lowest BCUT2D eigenvalue weighted by Crippen LogP contribution is -2.00. The molecule has 0 unspecified atom stereocenters. The number of aromatic nitrogens is 2. The number of phenolic OH excluding ortho intramolecular Hbond substituents is 1. The zero-order valence-corrected chi connectivity index (χ0v) is 9.81. The van der Waals surface area contributed by atoms with Crippen molar-refractivity contribution < 1.29 is 9.52 Å². The number of benzene rings is 1. The Bertz CT molecular complexity index is 513. The van der Waals surface area contributed by atoms with Crippen LogP contribution in [0.3, 0.4) is 0 Å². The molecule has 2 rings (SSSR count). The van der Waals surface area contributed by atoms with Crippen molar-refractivity contribution in [1.29, 1.82) is 0 Å². The van der Waals surface area contributed by atoms with Crippen LogP contribution >= 0.6 is 11.6 Å². The Kier molecular flexibility index (Phi) is 3.61. The van der Waals surface area contributed by atoms with E-state index in [4.69, 9.17) is 21.8 Å². The fourth-order valence-corrected chi connectivity index (χ4v) is 1.59. The lowest BCUT2D eigenvalue weighted by molar-refractivity contribution is 0.474. The maximum atomic E-state index is 9.38. The second-order valence-corrected chi connectivity index (χ2v) is 3.96. The fourth-order valence-electron chi connectivity index (χ4n) is 1.39. The van der Waals surface area contributed by atoms with Crippen LogP contribution < -0.4 is 5.73 Å². The largest absolute Gasteiger partial charge is 0.508 e. The number of rotatable bonds is 4. The number of halogens is 1. The van der Waals surface area contributed by atoms with Crippen LogP contribution in [0.1, 0.15) is 12.3 Å². The number of nitrogens with zero attached hydrogens (tertiary/aromatic N) is 2. The smallest absolute Gasteiger partial charge is 0.249 e. The van der Waals surface area contributed by atoms with E-state index in [1.54, 1.807) is 6.07 Å². The molecule has 3 N–H and O–H groups in total. The van der Waals surface area contributed by atoms with E-state index >= 15 is 0 Å². The topological polar surface area (TPSA) is 85.2 Å². The molecule has 5 nitrogen and oxygen atoms in total. The minimum absolute atomic E-state index is 0.103. The van der Waals surface area contributed by atoms with Crippen LogP contribution in [0, 0.1) is 0 Å². The van der Waals surface area contributed by atoms with E-state index in [0.717, 1.165) is 6.42 Å². The van der Waals surface area contributed by atoms with Crippen molar-refractivity contribution >= 4 is 11.6 Å². The minimum atomic E-state index is 0.103. The summed E-state index contributed by atoms with van der Waals surface area (Å²) in [6.07, 6.45) is 1.43. The zero-order chi connectivity index (χ0) is 12.3. The molecule has 17 heavy (non-hydrogen) atoms. The van der Waals surface area contributed by atoms with Crippen molar-refractivity contribution in [3.05, 3.63) is 29.1 Å².